The average Bonchev–Trinajstić information content (AvgIpc) is 3.09. The third-order valence-corrected chi connectivity index (χ3v) is 4.79. The summed E-state index contributed by atoms with van der Waals surface area (Å²) in [5.41, 5.74) is 0.840. The Hall–Kier alpha value is -2.66. The van der Waals surface area contributed by atoms with E-state index in [0.29, 0.717) is 35.1 Å². The Balaban J connectivity index is 2.29. The van der Waals surface area contributed by atoms with Crippen molar-refractivity contribution in [1.29, 1.82) is 5.26 Å². The zero-order valence-corrected chi connectivity index (χ0v) is 14.3. The van der Waals surface area contributed by atoms with Gasteiger partial charge in [-0.05, 0) is 23.9 Å². The second-order valence-electron chi connectivity index (χ2n) is 5.01. The summed E-state index contributed by atoms with van der Waals surface area (Å²) in [7, 11) is 4.55. The number of nitrogens with one attached hydrogen (secondary N) is 1. The van der Waals surface area contributed by atoms with E-state index in [-0.39, 0.29) is 11.1 Å². The fourth-order valence-corrected chi connectivity index (χ4v) is 3.64. The van der Waals surface area contributed by atoms with Crippen LogP contribution in [0.1, 0.15) is 5.56 Å². The molecule has 24 heavy (non-hydrogen) atoms. The number of rotatable bonds is 4. The standard InChI is InChI=1S/C16H15N3O4S/c1-21-11-6-9(7-12(22-2)14(11)23-3)13-10(8-17)15(20)19-4-5-24-16(19)18-13/h6-7H,4-5H2,1-3H3/p+1. The lowest BCUT2D eigenvalue weighted by molar-refractivity contribution is -0.425. The molecule has 0 spiro atoms. The average molecular weight is 346 g/mol. The van der Waals surface area contributed by atoms with E-state index < -0.39 is 0 Å². The van der Waals surface area contributed by atoms with E-state index in [2.05, 4.69) is 4.98 Å². The second-order valence-corrected chi connectivity index (χ2v) is 6.09. The van der Waals surface area contributed by atoms with Gasteiger partial charge < -0.3 is 14.2 Å². The summed E-state index contributed by atoms with van der Waals surface area (Å²) in [4.78, 5) is 15.7. The van der Waals surface area contributed by atoms with Crippen LogP contribution in [0.4, 0.5) is 0 Å². The maximum absolute atomic E-state index is 12.5. The van der Waals surface area contributed by atoms with Gasteiger partial charge in [-0.25, -0.2) is 9.78 Å². The predicted molar refractivity (Wildman–Crippen MR) is 87.8 cm³/mol. The Morgan fingerprint density at radius 1 is 1.21 bits per heavy atom. The quantitative estimate of drug-likeness (QED) is 0.776. The molecular formula is C16H16N3O4S+. The number of ether oxygens (including phenoxy) is 3. The van der Waals surface area contributed by atoms with Crippen LogP contribution in [0.3, 0.4) is 0 Å². The van der Waals surface area contributed by atoms with Gasteiger partial charge in [0, 0.05) is 11.3 Å². The highest BCUT2D eigenvalue weighted by molar-refractivity contribution is 7.99. The van der Waals surface area contributed by atoms with E-state index >= 15 is 0 Å². The van der Waals surface area contributed by atoms with E-state index in [0.717, 1.165) is 10.9 Å². The number of hydrogen-bond donors (Lipinski definition) is 0. The molecule has 0 unspecified atom stereocenters. The monoisotopic (exact) mass is 346 g/mol. The van der Waals surface area contributed by atoms with Crippen LogP contribution >= 0.6 is 11.8 Å². The highest BCUT2D eigenvalue weighted by atomic mass is 32.2. The SMILES string of the molecule is COc1cc(-c2[nH+]c3n(c(=O)c2C#N)CCS3)cc(OC)c1OC. The van der Waals surface area contributed by atoms with Gasteiger partial charge in [-0.1, -0.05) is 0 Å². The molecule has 8 heteroatoms. The molecule has 0 saturated carbocycles. The van der Waals surface area contributed by atoms with Gasteiger partial charge in [0.15, 0.2) is 22.8 Å². The number of methoxy groups -OCH3 is 3. The molecule has 2 heterocycles. The smallest absolute Gasteiger partial charge is 0.356 e. The van der Waals surface area contributed by atoms with E-state index in [1.807, 2.05) is 6.07 Å². The molecule has 124 valence electrons. The Labute approximate surface area is 142 Å². The number of hydrogen-bond acceptors (Lipinski definition) is 6. The summed E-state index contributed by atoms with van der Waals surface area (Å²) in [6.07, 6.45) is 0. The molecule has 3 rings (SSSR count). The predicted octanol–water partition coefficient (Wildman–Crippen LogP) is 1.33. The molecule has 0 saturated heterocycles. The van der Waals surface area contributed by atoms with Crippen molar-refractivity contribution in [2.75, 3.05) is 27.1 Å². The summed E-state index contributed by atoms with van der Waals surface area (Å²) in [5.74, 6) is 2.17. The van der Waals surface area contributed by atoms with Gasteiger partial charge in [-0.3, -0.25) is 0 Å². The zero-order valence-electron chi connectivity index (χ0n) is 13.5. The lowest BCUT2D eigenvalue weighted by Crippen LogP contribution is -2.31. The number of nitriles is 1. The van der Waals surface area contributed by atoms with Crippen molar-refractivity contribution in [3.05, 3.63) is 28.0 Å². The first kappa shape index (κ1) is 16.2. The molecule has 0 fully saturated rings. The number of nitrogens with zero attached hydrogens (tertiary/aromatic N) is 2. The number of aromatic amines is 1. The number of aromatic nitrogens is 2. The fourth-order valence-electron chi connectivity index (χ4n) is 2.67. The van der Waals surface area contributed by atoms with Crippen molar-refractivity contribution in [1.82, 2.24) is 4.57 Å². The first-order valence-corrected chi connectivity index (χ1v) is 8.16. The lowest BCUT2D eigenvalue weighted by atomic mass is 10.1. The summed E-state index contributed by atoms with van der Waals surface area (Å²) in [6.45, 7) is 0.597. The molecule has 0 atom stereocenters. The van der Waals surface area contributed by atoms with Gasteiger partial charge in [0.1, 0.15) is 12.6 Å². The number of thioether (sulfide) groups is 1. The van der Waals surface area contributed by atoms with Gasteiger partial charge in [0.25, 0.3) is 0 Å². The van der Waals surface area contributed by atoms with Crippen LogP contribution < -0.4 is 24.8 Å². The van der Waals surface area contributed by atoms with Crippen molar-refractivity contribution in [2.45, 2.75) is 11.7 Å². The minimum atomic E-state index is -0.292. The largest absolute Gasteiger partial charge is 0.493 e. The molecule has 7 nitrogen and oxygen atoms in total. The topological polar surface area (TPSA) is 87.6 Å². The molecule has 1 N–H and O–H groups in total. The van der Waals surface area contributed by atoms with Crippen LogP contribution in [0.15, 0.2) is 22.1 Å². The Bertz CT molecular complexity index is 876. The van der Waals surface area contributed by atoms with Crippen LogP contribution in [0.2, 0.25) is 0 Å². The van der Waals surface area contributed by atoms with Gasteiger partial charge in [-0.15, -0.1) is 0 Å². The number of benzene rings is 1. The lowest BCUT2D eigenvalue weighted by Gasteiger charge is -2.13. The molecule has 1 aliphatic rings. The van der Waals surface area contributed by atoms with Crippen LogP contribution in [0, 0.1) is 11.3 Å². The van der Waals surface area contributed by atoms with E-state index in [1.165, 1.54) is 21.3 Å². The first-order valence-electron chi connectivity index (χ1n) is 7.18. The van der Waals surface area contributed by atoms with E-state index in [1.54, 1.807) is 28.5 Å². The molecule has 0 amide bonds. The minimum Gasteiger partial charge on any atom is -0.493 e. The molecule has 1 aliphatic heterocycles. The van der Waals surface area contributed by atoms with Gasteiger partial charge in [0.05, 0.1) is 21.3 Å². The van der Waals surface area contributed by atoms with Crippen molar-refractivity contribution in [2.24, 2.45) is 0 Å². The number of fused-ring (bicyclic) bond motifs is 1. The van der Waals surface area contributed by atoms with Crippen LogP contribution in [-0.2, 0) is 6.54 Å². The maximum Gasteiger partial charge on any atom is 0.356 e. The van der Waals surface area contributed by atoms with Crippen LogP contribution in [-0.4, -0.2) is 31.6 Å². The van der Waals surface area contributed by atoms with E-state index in [4.69, 9.17) is 14.2 Å². The third-order valence-electron chi connectivity index (χ3n) is 3.80. The normalized spacial score (nSPS) is 12.4. The van der Waals surface area contributed by atoms with Gasteiger partial charge in [0.2, 0.25) is 5.75 Å². The summed E-state index contributed by atoms with van der Waals surface area (Å²) >= 11 is 1.55. The molecule has 1 aromatic heterocycles. The number of H-pyrrole nitrogens is 1. The molecule has 0 aliphatic carbocycles. The highest BCUT2D eigenvalue weighted by Gasteiger charge is 2.29. The van der Waals surface area contributed by atoms with Crippen molar-refractivity contribution < 1.29 is 19.2 Å². The molecule has 0 bridgehead atoms. The van der Waals surface area contributed by atoms with Gasteiger partial charge in [-0.2, -0.15) is 9.83 Å². The minimum absolute atomic E-state index is 0.0653. The van der Waals surface area contributed by atoms with Gasteiger partial charge >= 0.3 is 10.7 Å². The summed E-state index contributed by atoms with van der Waals surface area (Å²) in [6, 6.07) is 5.43. The third kappa shape index (κ3) is 2.47. The molecule has 1 aromatic carbocycles. The Morgan fingerprint density at radius 2 is 1.88 bits per heavy atom. The van der Waals surface area contributed by atoms with Crippen molar-refractivity contribution >= 4 is 11.8 Å². The van der Waals surface area contributed by atoms with Crippen LogP contribution in [0.25, 0.3) is 11.3 Å². The summed E-state index contributed by atoms with van der Waals surface area (Å²) < 4.78 is 17.6. The van der Waals surface area contributed by atoms with Crippen molar-refractivity contribution in [3.63, 3.8) is 0 Å². The molecule has 2 aromatic rings. The fraction of sp³-hybridized carbons (Fsp3) is 0.312. The zero-order chi connectivity index (χ0) is 17.3. The molecular weight excluding hydrogens is 330 g/mol. The Morgan fingerprint density at radius 3 is 2.42 bits per heavy atom. The van der Waals surface area contributed by atoms with E-state index in [9.17, 15) is 10.1 Å². The maximum atomic E-state index is 12.5. The van der Waals surface area contributed by atoms with Crippen LogP contribution in [0.5, 0.6) is 17.2 Å². The first-order chi connectivity index (χ1) is 11.6. The highest BCUT2D eigenvalue weighted by Crippen LogP contribution is 2.40. The Kier molecular flexibility index (Phi) is 4.36. The second kappa shape index (κ2) is 6.45. The summed E-state index contributed by atoms with van der Waals surface area (Å²) in [5, 5.41) is 10.2. The molecule has 0 radical (unpaired) electrons. The van der Waals surface area contributed by atoms with Crippen molar-refractivity contribution in [3.8, 4) is 34.6 Å².